The third-order valence-corrected chi connectivity index (χ3v) is 8.38. The van der Waals surface area contributed by atoms with E-state index in [0.717, 1.165) is 32.2 Å². The molecule has 2 unspecified atom stereocenters. The van der Waals surface area contributed by atoms with Gasteiger partial charge >= 0.3 is 0 Å². The van der Waals surface area contributed by atoms with Crippen LogP contribution in [0.5, 0.6) is 0 Å². The van der Waals surface area contributed by atoms with Crippen molar-refractivity contribution in [1.29, 1.82) is 0 Å². The zero-order valence-electron chi connectivity index (χ0n) is 18.6. The summed E-state index contributed by atoms with van der Waals surface area (Å²) in [6.07, 6.45) is 4.08. The molecular weight excluding hydrogens is 534 g/mol. The van der Waals surface area contributed by atoms with Crippen LogP contribution in [0, 0.1) is 6.92 Å². The van der Waals surface area contributed by atoms with E-state index < -0.39 is 0 Å². The highest BCUT2D eigenvalue weighted by atomic mass is 79.9. The maximum atomic E-state index is 3.60. The molecule has 0 aliphatic heterocycles. The van der Waals surface area contributed by atoms with Crippen molar-refractivity contribution in [2.24, 2.45) is 0 Å². The molecule has 6 rings (SSSR count). The standard InChI is InChI=1S/C30H25Br2N/c1-19-16-22(18-28-20-6-7-21(17-20)30(19)28)27-4-2-3-5-29(27)33(25-12-8-23(31)9-13-25)26-14-10-24(32)11-15-26/h2-5,8-16,18,20-21H,6-7,17H2,1H3. The van der Waals surface area contributed by atoms with Crippen molar-refractivity contribution < 1.29 is 0 Å². The highest BCUT2D eigenvalue weighted by Crippen LogP contribution is 2.55. The Morgan fingerprint density at radius 1 is 0.727 bits per heavy atom. The Kier molecular flexibility index (Phi) is 5.43. The van der Waals surface area contributed by atoms with Crippen LogP contribution in [-0.2, 0) is 0 Å². The lowest BCUT2D eigenvalue weighted by Gasteiger charge is -2.28. The first-order valence-corrected chi connectivity index (χ1v) is 13.2. The minimum absolute atomic E-state index is 0.755. The molecule has 2 bridgehead atoms. The van der Waals surface area contributed by atoms with Gasteiger partial charge in [-0.15, -0.1) is 0 Å². The van der Waals surface area contributed by atoms with Gasteiger partial charge in [-0.25, -0.2) is 0 Å². The number of nitrogens with zero attached hydrogens (tertiary/aromatic N) is 1. The largest absolute Gasteiger partial charge is 0.310 e. The molecule has 1 fully saturated rings. The normalized spacial score (nSPS) is 18.4. The Bertz CT molecular complexity index is 1280. The van der Waals surface area contributed by atoms with E-state index >= 15 is 0 Å². The number of rotatable bonds is 4. The van der Waals surface area contributed by atoms with Crippen LogP contribution >= 0.6 is 31.9 Å². The number of hydrogen-bond acceptors (Lipinski definition) is 1. The maximum Gasteiger partial charge on any atom is 0.0540 e. The predicted molar refractivity (Wildman–Crippen MR) is 146 cm³/mol. The second-order valence-corrected chi connectivity index (χ2v) is 11.1. The summed E-state index contributed by atoms with van der Waals surface area (Å²) in [6, 6.07) is 30.9. The first-order valence-electron chi connectivity index (χ1n) is 11.6. The van der Waals surface area contributed by atoms with Gasteiger partial charge in [0.15, 0.2) is 0 Å². The van der Waals surface area contributed by atoms with Crippen LogP contribution in [0.2, 0.25) is 0 Å². The van der Waals surface area contributed by atoms with Crippen LogP contribution < -0.4 is 4.90 Å². The maximum absolute atomic E-state index is 3.60. The second-order valence-electron chi connectivity index (χ2n) is 9.31. The van der Waals surface area contributed by atoms with Crippen molar-refractivity contribution in [3.05, 3.63) is 111 Å². The monoisotopic (exact) mass is 557 g/mol. The van der Waals surface area contributed by atoms with E-state index in [-0.39, 0.29) is 0 Å². The highest BCUT2D eigenvalue weighted by molar-refractivity contribution is 9.10. The Morgan fingerprint density at radius 3 is 2.00 bits per heavy atom. The summed E-state index contributed by atoms with van der Waals surface area (Å²) in [5.41, 5.74) is 10.8. The summed E-state index contributed by atoms with van der Waals surface area (Å²) >= 11 is 7.19. The van der Waals surface area contributed by atoms with Gasteiger partial charge in [0.25, 0.3) is 0 Å². The summed E-state index contributed by atoms with van der Waals surface area (Å²) in [5.74, 6) is 1.54. The van der Waals surface area contributed by atoms with Gasteiger partial charge in [0, 0.05) is 25.9 Å². The van der Waals surface area contributed by atoms with Crippen LogP contribution in [0.3, 0.4) is 0 Å². The predicted octanol–water partition coefficient (Wildman–Crippen LogP) is 10.0. The number of fused-ring (bicyclic) bond motifs is 5. The van der Waals surface area contributed by atoms with Gasteiger partial charge in [-0.2, -0.15) is 0 Å². The summed E-state index contributed by atoms with van der Waals surface area (Å²) in [5, 5.41) is 0. The van der Waals surface area contributed by atoms with Gasteiger partial charge in [0.1, 0.15) is 0 Å². The van der Waals surface area contributed by atoms with E-state index in [1.165, 1.54) is 41.6 Å². The minimum Gasteiger partial charge on any atom is -0.310 e. The van der Waals surface area contributed by atoms with Crippen LogP contribution in [0.1, 0.15) is 47.8 Å². The molecule has 2 atom stereocenters. The Morgan fingerprint density at radius 2 is 1.33 bits per heavy atom. The minimum atomic E-state index is 0.755. The van der Waals surface area contributed by atoms with Gasteiger partial charge in [-0.05, 0) is 115 Å². The van der Waals surface area contributed by atoms with Gasteiger partial charge in [-0.3, -0.25) is 0 Å². The summed E-state index contributed by atoms with van der Waals surface area (Å²) in [7, 11) is 0. The highest BCUT2D eigenvalue weighted by Gasteiger charge is 2.38. The van der Waals surface area contributed by atoms with Crippen molar-refractivity contribution in [3.8, 4) is 11.1 Å². The Labute approximate surface area is 212 Å². The zero-order valence-corrected chi connectivity index (χ0v) is 21.7. The van der Waals surface area contributed by atoms with Crippen molar-refractivity contribution >= 4 is 48.9 Å². The molecule has 0 radical (unpaired) electrons. The molecule has 4 aromatic rings. The van der Waals surface area contributed by atoms with Gasteiger partial charge < -0.3 is 4.90 Å². The van der Waals surface area contributed by atoms with Crippen molar-refractivity contribution in [2.75, 3.05) is 4.90 Å². The van der Waals surface area contributed by atoms with E-state index in [2.05, 4.69) is 129 Å². The van der Waals surface area contributed by atoms with Crippen molar-refractivity contribution in [1.82, 2.24) is 0 Å². The van der Waals surface area contributed by atoms with Crippen LogP contribution in [0.25, 0.3) is 11.1 Å². The Balaban J connectivity index is 1.53. The number of anilines is 3. The molecule has 2 aliphatic carbocycles. The van der Waals surface area contributed by atoms with Crippen LogP contribution in [0.4, 0.5) is 17.1 Å². The fourth-order valence-corrected chi connectivity index (χ4v) is 6.45. The molecule has 0 amide bonds. The van der Waals surface area contributed by atoms with E-state index in [9.17, 15) is 0 Å². The van der Waals surface area contributed by atoms with Gasteiger partial charge in [-0.1, -0.05) is 62.2 Å². The number of para-hydroxylation sites is 1. The fraction of sp³-hybridized carbons (Fsp3) is 0.200. The van der Waals surface area contributed by atoms with E-state index in [0.29, 0.717) is 0 Å². The summed E-state index contributed by atoms with van der Waals surface area (Å²) < 4.78 is 2.17. The number of halogens is 2. The third-order valence-electron chi connectivity index (χ3n) is 7.33. The number of hydrogen-bond donors (Lipinski definition) is 0. The molecule has 0 saturated heterocycles. The molecule has 164 valence electrons. The van der Waals surface area contributed by atoms with Crippen molar-refractivity contribution in [2.45, 2.75) is 38.0 Å². The molecule has 0 heterocycles. The van der Waals surface area contributed by atoms with E-state index in [1.54, 1.807) is 11.1 Å². The van der Waals surface area contributed by atoms with E-state index in [4.69, 9.17) is 0 Å². The molecule has 0 spiro atoms. The molecule has 0 aromatic heterocycles. The molecular formula is C30H25Br2N. The number of benzene rings is 4. The third kappa shape index (κ3) is 3.76. The molecule has 2 aliphatic rings. The topological polar surface area (TPSA) is 3.24 Å². The molecule has 1 saturated carbocycles. The first kappa shape index (κ1) is 21.2. The summed E-state index contributed by atoms with van der Waals surface area (Å²) in [6.45, 7) is 2.31. The first-order chi connectivity index (χ1) is 16.1. The average molecular weight is 559 g/mol. The molecule has 3 heteroatoms. The Hall–Kier alpha value is -2.36. The van der Waals surface area contributed by atoms with Crippen LogP contribution in [-0.4, -0.2) is 0 Å². The average Bonchev–Trinajstić information content (AvgIpc) is 3.45. The number of aryl methyl sites for hydroxylation is 1. The lowest BCUT2D eigenvalue weighted by atomic mass is 9.85. The lowest BCUT2D eigenvalue weighted by Crippen LogP contribution is -2.11. The quantitative estimate of drug-likeness (QED) is 0.241. The molecule has 0 N–H and O–H groups in total. The molecule has 33 heavy (non-hydrogen) atoms. The smallest absolute Gasteiger partial charge is 0.0540 e. The SMILES string of the molecule is Cc1cc(-c2ccccc2N(c2ccc(Br)cc2)c2ccc(Br)cc2)cc2c1C1CCC2C1. The van der Waals surface area contributed by atoms with Crippen molar-refractivity contribution in [3.63, 3.8) is 0 Å². The second kappa shape index (κ2) is 8.45. The van der Waals surface area contributed by atoms with Gasteiger partial charge in [0.2, 0.25) is 0 Å². The molecule has 4 aromatic carbocycles. The fourth-order valence-electron chi connectivity index (χ4n) is 5.92. The van der Waals surface area contributed by atoms with E-state index in [1.807, 2.05) is 0 Å². The molecule has 1 nitrogen and oxygen atoms in total. The zero-order chi connectivity index (χ0) is 22.5. The summed E-state index contributed by atoms with van der Waals surface area (Å²) in [4.78, 5) is 2.36. The van der Waals surface area contributed by atoms with Gasteiger partial charge in [0.05, 0.1) is 5.69 Å². The lowest BCUT2D eigenvalue weighted by molar-refractivity contribution is 0.714. The van der Waals surface area contributed by atoms with Crippen LogP contribution in [0.15, 0.2) is 93.9 Å².